The third kappa shape index (κ3) is 1490. The summed E-state index contributed by atoms with van der Waals surface area (Å²) in [6.45, 7) is 0. The Balaban J connectivity index is -0.0000000111. The summed E-state index contributed by atoms with van der Waals surface area (Å²) in [6.07, 6.45) is 0. The molecule has 0 aromatic heterocycles. The molecule has 0 aromatic carbocycles. The molecule has 0 aliphatic rings. The van der Waals surface area contributed by atoms with Crippen LogP contribution >= 0.6 is 31.3 Å². The third-order valence-corrected chi connectivity index (χ3v) is 0. The third-order valence-electron chi connectivity index (χ3n) is 0. The van der Waals surface area contributed by atoms with E-state index in [-0.39, 0.29) is 132 Å². The molecule has 28 heavy (non-hydrogen) atoms. The molecular formula is H8Mg5O19P4. The minimum atomic E-state index is -5.39. The smallest absolute Gasteiger partial charge is 0.822 e. The molecule has 0 fully saturated rings. The molecule has 28 heteroatoms. The van der Waals surface area contributed by atoms with Crippen LogP contribution in [-0.2, 0) is 18.3 Å². The molecule has 0 amide bonds. The molecule has 0 saturated heterocycles. The number of hydrogen-bond donors (Lipinski definition) is 2. The summed E-state index contributed by atoms with van der Waals surface area (Å²) in [7, 11) is -21.1. The van der Waals surface area contributed by atoms with Gasteiger partial charge in [-0.25, -0.2) is 0 Å². The predicted octanol–water partition coefficient (Wildman–Crippen LogP) is -14.4. The van der Waals surface area contributed by atoms with Crippen molar-refractivity contribution >= 4 is 147 Å². The van der Waals surface area contributed by atoms with E-state index in [1.54, 1.807) is 0 Å². The van der Waals surface area contributed by atoms with Gasteiger partial charge in [-0.05, 0) is 0 Å². The van der Waals surface area contributed by atoms with Crippen LogP contribution in [0, 0.1) is 0 Å². The number of phosphoric acid groups is 4. The van der Waals surface area contributed by atoms with Crippen molar-refractivity contribution in [2.75, 3.05) is 0 Å². The van der Waals surface area contributed by atoms with Crippen molar-refractivity contribution in [2.45, 2.75) is 0 Å². The van der Waals surface area contributed by atoms with Gasteiger partial charge in [-0.3, -0.25) is 0 Å². The fourth-order valence-electron chi connectivity index (χ4n) is 0. The first-order chi connectivity index (χ1) is 8.00. The molecule has 0 heterocycles. The van der Waals surface area contributed by atoms with Gasteiger partial charge in [-0.2, -0.15) is 15.6 Å². The quantitative estimate of drug-likeness (QED) is 0.206. The van der Waals surface area contributed by atoms with Crippen molar-refractivity contribution in [2.24, 2.45) is 0 Å². The van der Waals surface area contributed by atoms with E-state index in [2.05, 4.69) is 0 Å². The SMILES string of the molecule is O.O.O.O=P([O-])([O-])O.O=P([O-])([O-])O.O=P([O-])([O-])[O-].O=P([O-])([O-])[O-].[Mg+2].[Mg+2].[Mg+2].[Mg+2].[Mg+2]. The van der Waals surface area contributed by atoms with Gasteiger partial charge in [0.15, 0.2) is 0 Å². The zero-order chi connectivity index (χ0) is 18.0. The van der Waals surface area contributed by atoms with E-state index in [0.29, 0.717) is 0 Å². The molecule has 0 spiro atoms. The Labute approximate surface area is 237 Å². The maximum atomic E-state index is 8.66. The van der Waals surface area contributed by atoms with Crippen molar-refractivity contribution in [3.05, 3.63) is 0 Å². The van der Waals surface area contributed by atoms with Gasteiger partial charge in [-0.1, -0.05) is 0 Å². The molecule has 0 aliphatic carbocycles. The van der Waals surface area contributed by atoms with Crippen LogP contribution in [0.15, 0.2) is 0 Å². The maximum absolute atomic E-state index is 8.66. The van der Waals surface area contributed by atoms with Gasteiger partial charge < -0.3 is 93.4 Å². The fourth-order valence-corrected chi connectivity index (χ4v) is 0. The topological polar surface area (TPSA) is 434 Å². The minimum Gasteiger partial charge on any atom is -0.822 e. The Morgan fingerprint density at radius 1 is 0.393 bits per heavy atom. The molecule has 0 rings (SSSR count). The van der Waals surface area contributed by atoms with Crippen LogP contribution in [0.4, 0.5) is 0 Å². The van der Waals surface area contributed by atoms with Gasteiger partial charge in [0.1, 0.15) is 0 Å². The Hall–Kier alpha value is 4.15. The van der Waals surface area contributed by atoms with Crippen LogP contribution in [0.3, 0.4) is 0 Å². The first-order valence-corrected chi connectivity index (χ1v) is 8.87. The molecule has 152 valence electrons. The van der Waals surface area contributed by atoms with Gasteiger partial charge in [0, 0.05) is 0 Å². The van der Waals surface area contributed by atoms with Crippen LogP contribution in [0.2, 0.25) is 0 Å². The average Bonchev–Trinajstić information content (AvgIpc) is 1.62. The summed E-state index contributed by atoms with van der Waals surface area (Å²) in [5, 5.41) is 0. The van der Waals surface area contributed by atoms with Crippen molar-refractivity contribution < 1.29 is 93.4 Å². The molecule has 0 radical (unpaired) electrons. The average molecular weight is 557 g/mol. The fraction of sp³-hybridized carbons (Fsp3) is 0. The van der Waals surface area contributed by atoms with Gasteiger partial charge >= 0.3 is 115 Å². The maximum Gasteiger partial charge on any atom is 2.00 e. The second kappa shape index (κ2) is 35.7. The second-order valence-electron chi connectivity index (χ2n) is 1.83. The first kappa shape index (κ1) is 76.8. The van der Waals surface area contributed by atoms with E-state index in [1.165, 1.54) is 0 Å². The number of hydrogen-bond acceptors (Lipinski definition) is 14. The molecule has 0 unspecified atom stereocenters. The van der Waals surface area contributed by atoms with Crippen LogP contribution in [0.25, 0.3) is 0 Å². The standard InChI is InChI=1S/5Mg.4H3O4P.3H2O/c;;;;;4*1-5(2,3)4;;;/h;;;;;4*(H3,1,2,3,4);3*1H2/q5*+2;;;;;;;/p-10. The Kier molecular flexibility index (Phi) is 98.1. The summed E-state index contributed by atoms with van der Waals surface area (Å²) in [4.78, 5) is 99.9. The normalized spacial score (nSPS) is 8.43. The van der Waals surface area contributed by atoms with E-state index in [9.17, 15) is 0 Å². The van der Waals surface area contributed by atoms with Crippen molar-refractivity contribution in [3.8, 4) is 0 Å². The second-order valence-corrected chi connectivity index (χ2v) is 5.49. The van der Waals surface area contributed by atoms with Gasteiger partial charge in [0.25, 0.3) is 0 Å². The Bertz CT molecular complexity index is 299. The summed E-state index contributed by atoms with van der Waals surface area (Å²) in [5.74, 6) is 0. The van der Waals surface area contributed by atoms with Crippen molar-refractivity contribution in [1.29, 1.82) is 0 Å². The molecule has 0 saturated carbocycles. The zero-order valence-corrected chi connectivity index (χ0v) is 24.1. The molecule has 19 nitrogen and oxygen atoms in total. The van der Waals surface area contributed by atoms with Crippen LogP contribution < -0.4 is 48.9 Å². The molecule has 0 atom stereocenters. The first-order valence-electron chi connectivity index (χ1n) is 2.96. The van der Waals surface area contributed by atoms with Gasteiger partial charge in [0.05, 0.1) is 15.6 Å². The van der Waals surface area contributed by atoms with Gasteiger partial charge in [0.2, 0.25) is 0 Å². The van der Waals surface area contributed by atoms with E-state index >= 15 is 0 Å². The molecular weight excluding hydrogens is 549 g/mol. The monoisotopic (exact) mass is 556 g/mol. The summed E-state index contributed by atoms with van der Waals surface area (Å²) in [6, 6.07) is 0. The van der Waals surface area contributed by atoms with Crippen molar-refractivity contribution in [1.82, 2.24) is 0 Å². The summed E-state index contributed by atoms with van der Waals surface area (Å²) < 4.78 is 34.4. The summed E-state index contributed by atoms with van der Waals surface area (Å²) >= 11 is 0. The van der Waals surface area contributed by atoms with E-state index in [1.807, 2.05) is 0 Å². The molecule has 0 bridgehead atoms. The minimum absolute atomic E-state index is 0. The molecule has 0 aromatic rings. The largest absolute Gasteiger partial charge is 2.00 e. The van der Waals surface area contributed by atoms with E-state index in [0.717, 1.165) is 0 Å². The van der Waals surface area contributed by atoms with E-state index in [4.69, 9.17) is 77.0 Å². The Morgan fingerprint density at radius 2 is 0.393 bits per heavy atom. The Morgan fingerprint density at radius 3 is 0.393 bits per heavy atom. The van der Waals surface area contributed by atoms with E-state index < -0.39 is 31.3 Å². The van der Waals surface area contributed by atoms with Crippen LogP contribution in [0.1, 0.15) is 0 Å². The van der Waals surface area contributed by atoms with Crippen LogP contribution in [-0.4, -0.2) is 141 Å². The zero-order valence-electron chi connectivity index (χ0n) is 13.4. The predicted molar refractivity (Wildman–Crippen MR) is 74.5 cm³/mol. The number of rotatable bonds is 0. The van der Waals surface area contributed by atoms with Crippen molar-refractivity contribution in [3.63, 3.8) is 0 Å². The molecule has 0 aliphatic heterocycles. The van der Waals surface area contributed by atoms with Gasteiger partial charge in [-0.15, -0.1) is 0 Å². The molecule has 8 N–H and O–H groups in total. The summed E-state index contributed by atoms with van der Waals surface area (Å²) in [5.41, 5.74) is 0. The van der Waals surface area contributed by atoms with Crippen LogP contribution in [0.5, 0.6) is 0 Å².